The van der Waals surface area contributed by atoms with E-state index in [2.05, 4.69) is 16.0 Å². The molecule has 0 bridgehead atoms. The maximum Gasteiger partial charge on any atom is 0.246 e. The van der Waals surface area contributed by atoms with Crippen molar-refractivity contribution in [2.45, 2.75) is 19.9 Å². The van der Waals surface area contributed by atoms with Gasteiger partial charge in [-0.3, -0.25) is 9.59 Å². The van der Waals surface area contributed by atoms with Crippen LogP contribution in [0.15, 0.2) is 42.5 Å². The van der Waals surface area contributed by atoms with Crippen molar-refractivity contribution in [2.75, 3.05) is 29.2 Å². The molecule has 1 heterocycles. The van der Waals surface area contributed by atoms with Gasteiger partial charge in [-0.15, -0.1) is 0 Å². The molecule has 1 atom stereocenters. The first-order valence-corrected chi connectivity index (χ1v) is 8.36. The minimum absolute atomic E-state index is 0.127. The number of nitrogens with one attached hydrogen (secondary N) is 3. The molecule has 0 aliphatic carbocycles. The molecule has 2 aromatic carbocycles. The van der Waals surface area contributed by atoms with Gasteiger partial charge in [-0.05, 0) is 43.3 Å². The fourth-order valence-electron chi connectivity index (χ4n) is 2.54. The zero-order valence-electron chi connectivity index (χ0n) is 14.7. The Bertz CT molecular complexity index is 805. The summed E-state index contributed by atoms with van der Waals surface area (Å²) in [6, 6.07) is 12.0. The van der Waals surface area contributed by atoms with E-state index in [0.29, 0.717) is 36.1 Å². The summed E-state index contributed by atoms with van der Waals surface area (Å²) in [5.74, 6) is 1.01. The molecule has 2 aromatic rings. The number of hydrogen-bond donors (Lipinski definition) is 3. The molecule has 7 nitrogen and oxygen atoms in total. The number of anilines is 3. The highest BCUT2D eigenvalue weighted by atomic mass is 16.6. The molecule has 26 heavy (non-hydrogen) atoms. The van der Waals surface area contributed by atoms with Crippen molar-refractivity contribution in [1.29, 1.82) is 0 Å². The molecular weight excluding hydrogens is 334 g/mol. The molecule has 0 spiro atoms. The van der Waals surface area contributed by atoms with E-state index in [4.69, 9.17) is 9.47 Å². The van der Waals surface area contributed by atoms with Crippen LogP contribution in [0.5, 0.6) is 11.5 Å². The number of carbonyl (C=O) groups is 2. The predicted octanol–water partition coefficient (Wildman–Crippen LogP) is 2.86. The molecule has 136 valence electrons. The van der Waals surface area contributed by atoms with Crippen LogP contribution in [0, 0.1) is 0 Å². The van der Waals surface area contributed by atoms with Gasteiger partial charge in [0.1, 0.15) is 19.3 Å². The van der Waals surface area contributed by atoms with Gasteiger partial charge < -0.3 is 25.4 Å². The number of rotatable bonds is 5. The normalized spacial score (nSPS) is 13.5. The third-order valence-corrected chi connectivity index (χ3v) is 3.79. The van der Waals surface area contributed by atoms with Gasteiger partial charge in [-0.1, -0.05) is 0 Å². The van der Waals surface area contributed by atoms with E-state index in [1.165, 1.54) is 6.92 Å². The Balaban J connectivity index is 1.58. The first kappa shape index (κ1) is 17.6. The van der Waals surface area contributed by atoms with Crippen LogP contribution >= 0.6 is 0 Å². The van der Waals surface area contributed by atoms with Crippen molar-refractivity contribution < 1.29 is 19.1 Å². The lowest BCUT2D eigenvalue weighted by Crippen LogP contribution is -2.31. The summed E-state index contributed by atoms with van der Waals surface area (Å²) in [7, 11) is 0. The summed E-state index contributed by atoms with van der Waals surface area (Å²) in [5.41, 5.74) is 2.13. The highest BCUT2D eigenvalue weighted by Crippen LogP contribution is 2.32. The Morgan fingerprint density at radius 3 is 2.19 bits per heavy atom. The molecule has 0 radical (unpaired) electrons. The largest absolute Gasteiger partial charge is 0.486 e. The van der Waals surface area contributed by atoms with Gasteiger partial charge in [0, 0.05) is 30.1 Å². The van der Waals surface area contributed by atoms with Crippen LogP contribution < -0.4 is 25.4 Å². The van der Waals surface area contributed by atoms with E-state index < -0.39 is 6.04 Å². The smallest absolute Gasteiger partial charge is 0.246 e. The van der Waals surface area contributed by atoms with Crippen molar-refractivity contribution in [3.63, 3.8) is 0 Å². The molecule has 3 rings (SSSR count). The lowest BCUT2D eigenvalue weighted by molar-refractivity contribution is -0.116. The van der Waals surface area contributed by atoms with Gasteiger partial charge in [0.2, 0.25) is 11.8 Å². The van der Waals surface area contributed by atoms with Crippen molar-refractivity contribution in [1.82, 2.24) is 0 Å². The number of amides is 2. The Hall–Kier alpha value is -3.22. The van der Waals surface area contributed by atoms with Crippen molar-refractivity contribution >= 4 is 28.9 Å². The molecule has 0 aromatic heterocycles. The van der Waals surface area contributed by atoms with E-state index in [1.807, 2.05) is 0 Å². The first-order chi connectivity index (χ1) is 12.5. The molecule has 1 aliphatic rings. The number of fused-ring (bicyclic) bond motifs is 1. The number of ether oxygens (including phenoxy) is 2. The first-order valence-electron chi connectivity index (χ1n) is 8.36. The quantitative estimate of drug-likeness (QED) is 0.767. The molecule has 0 unspecified atom stereocenters. The Morgan fingerprint density at radius 2 is 1.50 bits per heavy atom. The van der Waals surface area contributed by atoms with Crippen LogP contribution in [-0.4, -0.2) is 31.1 Å². The average Bonchev–Trinajstić information content (AvgIpc) is 2.62. The second-order valence-electron chi connectivity index (χ2n) is 5.97. The second kappa shape index (κ2) is 7.77. The number of benzene rings is 2. The lowest BCUT2D eigenvalue weighted by Gasteiger charge is -2.20. The molecule has 0 saturated carbocycles. The zero-order chi connectivity index (χ0) is 18.5. The van der Waals surface area contributed by atoms with Crippen LogP contribution in [-0.2, 0) is 9.59 Å². The minimum atomic E-state index is -0.449. The summed E-state index contributed by atoms with van der Waals surface area (Å²) in [6.07, 6.45) is 0. The zero-order valence-corrected chi connectivity index (χ0v) is 14.7. The third kappa shape index (κ3) is 4.44. The third-order valence-electron chi connectivity index (χ3n) is 3.79. The van der Waals surface area contributed by atoms with E-state index in [0.717, 1.165) is 5.69 Å². The van der Waals surface area contributed by atoms with Crippen molar-refractivity contribution in [3.05, 3.63) is 42.5 Å². The summed E-state index contributed by atoms with van der Waals surface area (Å²) in [6.45, 7) is 4.25. The second-order valence-corrected chi connectivity index (χ2v) is 5.97. The fraction of sp³-hybridized carbons (Fsp3) is 0.263. The van der Waals surface area contributed by atoms with E-state index in [9.17, 15) is 9.59 Å². The highest BCUT2D eigenvalue weighted by Gasteiger charge is 2.16. The molecule has 0 saturated heterocycles. The van der Waals surface area contributed by atoms with E-state index in [1.54, 1.807) is 49.4 Å². The van der Waals surface area contributed by atoms with Gasteiger partial charge in [-0.2, -0.15) is 0 Å². The van der Waals surface area contributed by atoms with Crippen molar-refractivity contribution in [3.8, 4) is 11.5 Å². The summed E-state index contributed by atoms with van der Waals surface area (Å²) >= 11 is 0. The van der Waals surface area contributed by atoms with Crippen LogP contribution in [0.4, 0.5) is 17.1 Å². The molecule has 3 N–H and O–H groups in total. The van der Waals surface area contributed by atoms with Gasteiger partial charge >= 0.3 is 0 Å². The van der Waals surface area contributed by atoms with Crippen molar-refractivity contribution in [2.24, 2.45) is 0 Å². The molecule has 7 heteroatoms. The lowest BCUT2D eigenvalue weighted by atomic mass is 10.2. The fourth-order valence-corrected chi connectivity index (χ4v) is 2.54. The molecule has 1 aliphatic heterocycles. The van der Waals surface area contributed by atoms with Crippen LogP contribution in [0.1, 0.15) is 13.8 Å². The summed E-state index contributed by atoms with van der Waals surface area (Å²) in [5, 5.41) is 8.68. The SMILES string of the molecule is CC(=O)Nc1ccc(N[C@@H](C)C(=O)Nc2ccc3c(c2)OCCO3)cc1. The number of hydrogen-bond acceptors (Lipinski definition) is 5. The summed E-state index contributed by atoms with van der Waals surface area (Å²) < 4.78 is 11.0. The van der Waals surface area contributed by atoms with Gasteiger partial charge in [0.15, 0.2) is 11.5 Å². The van der Waals surface area contributed by atoms with Crippen LogP contribution in [0.25, 0.3) is 0 Å². The topological polar surface area (TPSA) is 88.7 Å². The maximum atomic E-state index is 12.4. The molecule has 2 amide bonds. The highest BCUT2D eigenvalue weighted by molar-refractivity contribution is 5.96. The monoisotopic (exact) mass is 355 g/mol. The Kier molecular flexibility index (Phi) is 5.26. The molecule has 0 fully saturated rings. The maximum absolute atomic E-state index is 12.4. The van der Waals surface area contributed by atoms with Gasteiger partial charge in [0.05, 0.1) is 0 Å². The minimum Gasteiger partial charge on any atom is -0.486 e. The van der Waals surface area contributed by atoms with Crippen LogP contribution in [0.3, 0.4) is 0 Å². The standard InChI is InChI=1S/C19H21N3O4/c1-12(20-14-3-5-15(6-4-14)21-13(2)23)19(24)22-16-7-8-17-18(11-16)26-10-9-25-17/h3-8,11-12,20H,9-10H2,1-2H3,(H,21,23)(H,22,24)/t12-/m0/s1. The number of carbonyl (C=O) groups excluding carboxylic acids is 2. The predicted molar refractivity (Wildman–Crippen MR) is 99.9 cm³/mol. The van der Waals surface area contributed by atoms with E-state index in [-0.39, 0.29) is 11.8 Å². The average molecular weight is 355 g/mol. The Labute approximate surface area is 151 Å². The van der Waals surface area contributed by atoms with Gasteiger partial charge in [0.25, 0.3) is 0 Å². The van der Waals surface area contributed by atoms with Crippen LogP contribution in [0.2, 0.25) is 0 Å². The Morgan fingerprint density at radius 1 is 0.885 bits per heavy atom. The summed E-state index contributed by atoms with van der Waals surface area (Å²) in [4.78, 5) is 23.4. The molecular formula is C19H21N3O4. The van der Waals surface area contributed by atoms with E-state index >= 15 is 0 Å². The van der Waals surface area contributed by atoms with Gasteiger partial charge in [-0.25, -0.2) is 0 Å².